The van der Waals surface area contributed by atoms with Gasteiger partial charge in [0.25, 0.3) is 5.91 Å². The first-order valence-electron chi connectivity index (χ1n) is 10.3. The van der Waals surface area contributed by atoms with Gasteiger partial charge in [0.2, 0.25) is 5.91 Å². The highest BCUT2D eigenvalue weighted by Crippen LogP contribution is 2.21. The Kier molecular flexibility index (Phi) is 7.83. The molecule has 162 valence electrons. The van der Waals surface area contributed by atoms with Crippen molar-refractivity contribution in [2.24, 2.45) is 0 Å². The fourth-order valence-corrected chi connectivity index (χ4v) is 4.02. The minimum Gasteiger partial charge on any atom is -0.349 e. The summed E-state index contributed by atoms with van der Waals surface area (Å²) in [6.07, 6.45) is 0. The Hall–Kier alpha value is -3.13. The number of rotatable bonds is 9. The van der Waals surface area contributed by atoms with Crippen molar-refractivity contribution in [2.45, 2.75) is 44.6 Å². The fourth-order valence-electron chi connectivity index (χ4n) is 3.20. The van der Waals surface area contributed by atoms with E-state index in [1.807, 2.05) is 73.9 Å². The summed E-state index contributed by atoms with van der Waals surface area (Å²) in [7, 11) is 0. The number of benzene rings is 2. The van der Waals surface area contributed by atoms with Gasteiger partial charge in [-0.05, 0) is 38.5 Å². The summed E-state index contributed by atoms with van der Waals surface area (Å²) in [5, 5.41) is 15.1. The van der Waals surface area contributed by atoms with Crippen LogP contribution in [0.4, 0.5) is 0 Å². The smallest absolute Gasteiger partial charge is 0.251 e. The molecule has 7 nitrogen and oxygen atoms in total. The molecule has 0 spiro atoms. The minimum absolute atomic E-state index is 0.0675. The van der Waals surface area contributed by atoms with E-state index in [1.54, 1.807) is 12.1 Å². The van der Waals surface area contributed by atoms with E-state index in [-0.39, 0.29) is 29.7 Å². The lowest BCUT2D eigenvalue weighted by atomic mass is 10.1. The average Bonchev–Trinajstić information content (AvgIpc) is 3.22. The summed E-state index contributed by atoms with van der Waals surface area (Å²) in [6, 6.07) is 18.5. The van der Waals surface area contributed by atoms with Crippen LogP contribution in [-0.2, 0) is 11.3 Å². The van der Waals surface area contributed by atoms with Crippen molar-refractivity contribution in [3.05, 3.63) is 77.6 Å². The fraction of sp³-hybridized carbons (Fsp3) is 0.304. The summed E-state index contributed by atoms with van der Waals surface area (Å²) >= 11 is 1.34. The number of aromatic nitrogens is 3. The lowest BCUT2D eigenvalue weighted by Gasteiger charge is -2.16. The third kappa shape index (κ3) is 5.95. The van der Waals surface area contributed by atoms with Crippen molar-refractivity contribution in [2.75, 3.05) is 5.75 Å². The number of carbonyl (C=O) groups excluding carboxylic acids is 2. The van der Waals surface area contributed by atoms with Crippen LogP contribution in [0.3, 0.4) is 0 Å². The van der Waals surface area contributed by atoms with Crippen LogP contribution < -0.4 is 10.6 Å². The Balaban J connectivity index is 1.59. The van der Waals surface area contributed by atoms with Crippen LogP contribution in [0.15, 0.2) is 65.8 Å². The summed E-state index contributed by atoms with van der Waals surface area (Å²) in [6.45, 7) is 6.46. The summed E-state index contributed by atoms with van der Waals surface area (Å²) in [4.78, 5) is 24.8. The van der Waals surface area contributed by atoms with E-state index in [2.05, 4.69) is 20.8 Å². The molecule has 0 fully saturated rings. The number of carbonyl (C=O) groups is 2. The zero-order valence-corrected chi connectivity index (χ0v) is 18.7. The number of hydrogen-bond donors (Lipinski definition) is 2. The maximum absolute atomic E-state index is 12.4. The Bertz CT molecular complexity index is 1010. The van der Waals surface area contributed by atoms with Crippen LogP contribution in [0.5, 0.6) is 0 Å². The molecule has 0 radical (unpaired) electrons. The second-order valence-corrected chi connectivity index (χ2v) is 8.08. The number of amides is 2. The van der Waals surface area contributed by atoms with Gasteiger partial charge in [-0.15, -0.1) is 10.2 Å². The topological polar surface area (TPSA) is 88.9 Å². The number of nitrogens with zero attached hydrogens (tertiary/aromatic N) is 3. The molecule has 1 heterocycles. The first-order valence-corrected chi connectivity index (χ1v) is 11.2. The number of nitrogens with one attached hydrogen (secondary N) is 2. The lowest BCUT2D eigenvalue weighted by molar-refractivity contribution is -0.119. The monoisotopic (exact) mass is 437 g/mol. The highest BCUT2D eigenvalue weighted by molar-refractivity contribution is 7.99. The highest BCUT2D eigenvalue weighted by Gasteiger charge is 2.20. The predicted molar refractivity (Wildman–Crippen MR) is 122 cm³/mol. The molecular formula is C23H27N5O2S. The molecular weight excluding hydrogens is 410 g/mol. The SMILES string of the molecule is CCn1c(SCC(=O)N[C@@H](C)c2ccccc2)nnc1[C@@H](C)NC(=O)c1ccccc1. The summed E-state index contributed by atoms with van der Waals surface area (Å²) in [5.41, 5.74) is 1.65. The molecule has 1 aromatic heterocycles. The molecule has 0 saturated heterocycles. The highest BCUT2D eigenvalue weighted by atomic mass is 32.2. The molecule has 0 aliphatic carbocycles. The van der Waals surface area contributed by atoms with Gasteiger partial charge in [0.05, 0.1) is 17.8 Å². The van der Waals surface area contributed by atoms with Crippen molar-refractivity contribution < 1.29 is 9.59 Å². The van der Waals surface area contributed by atoms with E-state index in [9.17, 15) is 9.59 Å². The maximum atomic E-state index is 12.4. The molecule has 0 saturated carbocycles. The quantitative estimate of drug-likeness (QED) is 0.498. The summed E-state index contributed by atoms with van der Waals surface area (Å²) in [5.74, 6) is 0.661. The van der Waals surface area contributed by atoms with Crippen molar-refractivity contribution in [1.82, 2.24) is 25.4 Å². The molecule has 3 aromatic rings. The third-order valence-electron chi connectivity index (χ3n) is 4.84. The number of thioether (sulfide) groups is 1. The molecule has 0 unspecified atom stereocenters. The van der Waals surface area contributed by atoms with E-state index in [1.165, 1.54) is 11.8 Å². The van der Waals surface area contributed by atoms with Gasteiger partial charge in [0.15, 0.2) is 11.0 Å². The molecule has 3 rings (SSSR count). The Morgan fingerprint density at radius 3 is 2.23 bits per heavy atom. The van der Waals surface area contributed by atoms with Gasteiger partial charge in [0, 0.05) is 12.1 Å². The van der Waals surface area contributed by atoms with Crippen LogP contribution in [0.1, 0.15) is 54.6 Å². The molecule has 0 aliphatic heterocycles. The maximum Gasteiger partial charge on any atom is 0.251 e. The van der Waals surface area contributed by atoms with E-state index in [0.717, 1.165) is 5.56 Å². The predicted octanol–water partition coefficient (Wildman–Crippen LogP) is 3.76. The Labute approximate surface area is 186 Å². The van der Waals surface area contributed by atoms with Gasteiger partial charge in [0.1, 0.15) is 0 Å². The molecule has 31 heavy (non-hydrogen) atoms. The largest absolute Gasteiger partial charge is 0.349 e. The van der Waals surface area contributed by atoms with E-state index in [4.69, 9.17) is 0 Å². The van der Waals surface area contributed by atoms with Crippen molar-refractivity contribution in [3.63, 3.8) is 0 Å². The van der Waals surface area contributed by atoms with Crippen molar-refractivity contribution in [3.8, 4) is 0 Å². The molecule has 8 heteroatoms. The van der Waals surface area contributed by atoms with Crippen molar-refractivity contribution in [1.29, 1.82) is 0 Å². The van der Waals surface area contributed by atoms with Crippen LogP contribution in [0, 0.1) is 0 Å². The van der Waals surface area contributed by atoms with Crippen molar-refractivity contribution >= 4 is 23.6 Å². The molecule has 0 bridgehead atoms. The number of hydrogen-bond acceptors (Lipinski definition) is 5. The first-order chi connectivity index (χ1) is 15.0. The standard InChI is InChI=1S/C23H27N5O2S/c1-4-28-21(17(3)25-22(30)19-13-9-6-10-14-19)26-27-23(28)31-15-20(29)24-16(2)18-11-7-5-8-12-18/h5-14,16-17H,4,15H2,1-3H3,(H,24,29)(H,25,30)/t16-,17+/m0/s1. The van der Waals surface area contributed by atoms with E-state index >= 15 is 0 Å². The minimum atomic E-state index is -0.318. The van der Waals surface area contributed by atoms with Gasteiger partial charge in [-0.3, -0.25) is 9.59 Å². The zero-order chi connectivity index (χ0) is 22.2. The average molecular weight is 438 g/mol. The summed E-state index contributed by atoms with van der Waals surface area (Å²) < 4.78 is 1.93. The molecule has 2 N–H and O–H groups in total. The van der Waals surface area contributed by atoms with E-state index in [0.29, 0.717) is 23.1 Å². The Morgan fingerprint density at radius 2 is 1.58 bits per heavy atom. The van der Waals surface area contributed by atoms with Gasteiger partial charge >= 0.3 is 0 Å². The first kappa shape index (κ1) is 22.6. The van der Waals surface area contributed by atoms with E-state index < -0.39 is 0 Å². The molecule has 0 aliphatic rings. The van der Waals surface area contributed by atoms with Gasteiger partial charge < -0.3 is 15.2 Å². The molecule has 2 amide bonds. The molecule has 2 atom stereocenters. The van der Waals surface area contributed by atoms with Crippen LogP contribution in [-0.4, -0.2) is 32.3 Å². The molecule has 2 aromatic carbocycles. The second-order valence-electron chi connectivity index (χ2n) is 7.13. The van der Waals surface area contributed by atoms with Gasteiger partial charge in [-0.1, -0.05) is 60.3 Å². The van der Waals surface area contributed by atoms with Crippen LogP contribution in [0.25, 0.3) is 0 Å². The van der Waals surface area contributed by atoms with Crippen LogP contribution >= 0.6 is 11.8 Å². The van der Waals surface area contributed by atoms with Crippen LogP contribution in [0.2, 0.25) is 0 Å². The van der Waals surface area contributed by atoms with Gasteiger partial charge in [-0.2, -0.15) is 0 Å². The zero-order valence-electron chi connectivity index (χ0n) is 17.9. The Morgan fingerprint density at radius 1 is 0.935 bits per heavy atom. The lowest BCUT2D eigenvalue weighted by Crippen LogP contribution is -2.29. The van der Waals surface area contributed by atoms with Gasteiger partial charge in [-0.25, -0.2) is 0 Å². The normalized spacial score (nSPS) is 12.7. The second kappa shape index (κ2) is 10.8. The third-order valence-corrected chi connectivity index (χ3v) is 5.81.